The molecule has 1 aliphatic rings. The van der Waals surface area contributed by atoms with Crippen LogP contribution in [0.3, 0.4) is 0 Å². The van der Waals surface area contributed by atoms with E-state index < -0.39 is 11.7 Å². The van der Waals surface area contributed by atoms with Crippen molar-refractivity contribution in [1.29, 1.82) is 0 Å². The first kappa shape index (κ1) is 23.2. The second kappa shape index (κ2) is 10.1. The molecule has 9 heteroatoms. The van der Waals surface area contributed by atoms with Gasteiger partial charge in [-0.1, -0.05) is 6.07 Å². The fourth-order valence-corrected chi connectivity index (χ4v) is 3.09. The summed E-state index contributed by atoms with van der Waals surface area (Å²) in [5, 5.41) is 7.97. The number of ether oxygens (including phenoxy) is 1. The van der Waals surface area contributed by atoms with Crippen LogP contribution in [0.5, 0.6) is 0 Å². The predicted molar refractivity (Wildman–Crippen MR) is 112 cm³/mol. The molecule has 1 aromatic rings. The molecule has 0 atom stereocenters. The number of amides is 4. The van der Waals surface area contributed by atoms with E-state index in [1.165, 1.54) is 6.92 Å². The third kappa shape index (κ3) is 7.73. The number of carbonyl (C=O) groups excluding carboxylic acids is 4. The van der Waals surface area contributed by atoms with Crippen molar-refractivity contribution >= 4 is 29.5 Å². The molecule has 1 aliphatic heterocycles. The molecule has 0 unspecified atom stereocenters. The van der Waals surface area contributed by atoms with E-state index in [1.54, 1.807) is 49.9 Å². The SMILES string of the molecule is CC(=O)Nc1cccc(C(=O)N2CCC(NC(=O)CNC(=O)OC(C)(C)C)CC2)c1. The Labute approximate surface area is 176 Å². The molecule has 1 saturated heterocycles. The minimum absolute atomic E-state index is 0.0623. The molecule has 3 N–H and O–H groups in total. The predicted octanol–water partition coefficient (Wildman–Crippen LogP) is 1.89. The molecule has 0 spiro atoms. The summed E-state index contributed by atoms with van der Waals surface area (Å²) in [6.45, 7) is 7.51. The summed E-state index contributed by atoms with van der Waals surface area (Å²) in [6, 6.07) is 6.76. The molecule has 164 valence electrons. The van der Waals surface area contributed by atoms with E-state index in [4.69, 9.17) is 4.74 Å². The van der Waals surface area contributed by atoms with E-state index in [1.807, 2.05) is 0 Å². The number of anilines is 1. The standard InChI is InChI=1S/C21H30N4O5/c1-14(26)23-17-7-5-6-15(12-17)19(28)25-10-8-16(9-11-25)24-18(27)13-22-20(29)30-21(2,3)4/h5-7,12,16H,8-11,13H2,1-4H3,(H,22,29)(H,23,26)(H,24,27). The van der Waals surface area contributed by atoms with E-state index in [0.29, 0.717) is 37.2 Å². The van der Waals surface area contributed by atoms with Gasteiger partial charge < -0.3 is 25.6 Å². The zero-order chi connectivity index (χ0) is 22.3. The summed E-state index contributed by atoms with van der Waals surface area (Å²) < 4.78 is 5.09. The normalized spacial score (nSPS) is 14.6. The molecule has 1 aromatic carbocycles. The van der Waals surface area contributed by atoms with Crippen LogP contribution in [-0.2, 0) is 14.3 Å². The van der Waals surface area contributed by atoms with Gasteiger partial charge in [0.15, 0.2) is 0 Å². The lowest BCUT2D eigenvalue weighted by Gasteiger charge is -2.32. The largest absolute Gasteiger partial charge is 0.444 e. The summed E-state index contributed by atoms with van der Waals surface area (Å²) in [5.74, 6) is -0.607. The molecule has 30 heavy (non-hydrogen) atoms. The van der Waals surface area contributed by atoms with E-state index in [-0.39, 0.29) is 30.3 Å². The van der Waals surface area contributed by atoms with E-state index in [2.05, 4.69) is 16.0 Å². The Morgan fingerprint density at radius 1 is 1.13 bits per heavy atom. The Balaban J connectivity index is 1.78. The van der Waals surface area contributed by atoms with Gasteiger partial charge in [0, 0.05) is 37.3 Å². The molecule has 0 saturated carbocycles. The van der Waals surface area contributed by atoms with Gasteiger partial charge in [-0.3, -0.25) is 14.4 Å². The molecular weight excluding hydrogens is 388 g/mol. The maximum atomic E-state index is 12.7. The molecule has 0 bridgehead atoms. The quantitative estimate of drug-likeness (QED) is 0.675. The van der Waals surface area contributed by atoms with Crippen LogP contribution in [0, 0.1) is 0 Å². The van der Waals surface area contributed by atoms with E-state index in [0.717, 1.165) is 0 Å². The Morgan fingerprint density at radius 3 is 2.40 bits per heavy atom. The Hall–Kier alpha value is -3.10. The van der Waals surface area contributed by atoms with Gasteiger partial charge in [0.25, 0.3) is 5.91 Å². The second-order valence-corrected chi connectivity index (χ2v) is 8.25. The van der Waals surface area contributed by atoms with Gasteiger partial charge in [0.2, 0.25) is 11.8 Å². The van der Waals surface area contributed by atoms with Gasteiger partial charge in [-0.05, 0) is 51.8 Å². The molecule has 9 nitrogen and oxygen atoms in total. The fraction of sp³-hybridized carbons (Fsp3) is 0.524. The monoisotopic (exact) mass is 418 g/mol. The number of hydrogen-bond acceptors (Lipinski definition) is 5. The number of alkyl carbamates (subject to hydrolysis) is 1. The van der Waals surface area contributed by atoms with Crippen LogP contribution >= 0.6 is 0 Å². The van der Waals surface area contributed by atoms with Crippen LogP contribution in [0.2, 0.25) is 0 Å². The summed E-state index contributed by atoms with van der Waals surface area (Å²) in [4.78, 5) is 49.3. The number of nitrogens with one attached hydrogen (secondary N) is 3. The van der Waals surface area contributed by atoms with Crippen molar-refractivity contribution in [3.8, 4) is 0 Å². The summed E-state index contributed by atoms with van der Waals surface area (Å²) >= 11 is 0. The third-order valence-corrected chi connectivity index (χ3v) is 4.37. The van der Waals surface area contributed by atoms with Crippen molar-refractivity contribution in [2.24, 2.45) is 0 Å². The zero-order valence-corrected chi connectivity index (χ0v) is 17.9. The lowest BCUT2D eigenvalue weighted by Crippen LogP contribution is -2.49. The van der Waals surface area contributed by atoms with Gasteiger partial charge >= 0.3 is 6.09 Å². The van der Waals surface area contributed by atoms with Gasteiger partial charge in [0.1, 0.15) is 12.1 Å². The van der Waals surface area contributed by atoms with Crippen molar-refractivity contribution in [2.45, 2.75) is 52.2 Å². The molecule has 0 aliphatic carbocycles. The number of benzene rings is 1. The molecule has 1 heterocycles. The summed E-state index contributed by atoms with van der Waals surface area (Å²) in [5.41, 5.74) is 0.458. The number of likely N-dealkylation sites (tertiary alicyclic amines) is 1. The maximum Gasteiger partial charge on any atom is 0.408 e. The molecule has 0 radical (unpaired) electrons. The van der Waals surface area contributed by atoms with Crippen LogP contribution in [-0.4, -0.2) is 60.0 Å². The van der Waals surface area contributed by atoms with Crippen LogP contribution in [0.1, 0.15) is 50.9 Å². The minimum atomic E-state index is -0.639. The highest BCUT2D eigenvalue weighted by Crippen LogP contribution is 2.17. The fourth-order valence-electron chi connectivity index (χ4n) is 3.09. The summed E-state index contributed by atoms with van der Waals surface area (Å²) in [6.07, 6.45) is 0.601. The van der Waals surface area contributed by atoms with Crippen molar-refractivity contribution in [3.05, 3.63) is 29.8 Å². The van der Waals surface area contributed by atoms with Gasteiger partial charge in [-0.2, -0.15) is 0 Å². The first-order valence-electron chi connectivity index (χ1n) is 9.96. The van der Waals surface area contributed by atoms with Crippen LogP contribution < -0.4 is 16.0 Å². The number of piperidine rings is 1. The van der Waals surface area contributed by atoms with Gasteiger partial charge in [0.05, 0.1) is 0 Å². The lowest BCUT2D eigenvalue weighted by molar-refractivity contribution is -0.121. The number of hydrogen-bond donors (Lipinski definition) is 3. The Bertz CT molecular complexity index is 795. The first-order valence-corrected chi connectivity index (χ1v) is 9.96. The van der Waals surface area contributed by atoms with Crippen LogP contribution in [0.4, 0.5) is 10.5 Å². The number of rotatable bonds is 5. The smallest absolute Gasteiger partial charge is 0.408 e. The molecule has 4 amide bonds. The van der Waals surface area contributed by atoms with Crippen LogP contribution in [0.25, 0.3) is 0 Å². The first-order chi connectivity index (χ1) is 14.0. The number of nitrogens with zero attached hydrogens (tertiary/aromatic N) is 1. The summed E-state index contributed by atoms with van der Waals surface area (Å²) in [7, 11) is 0. The van der Waals surface area contributed by atoms with Crippen molar-refractivity contribution in [2.75, 3.05) is 25.0 Å². The maximum absolute atomic E-state index is 12.7. The molecular formula is C21H30N4O5. The van der Waals surface area contributed by atoms with E-state index in [9.17, 15) is 19.2 Å². The third-order valence-electron chi connectivity index (χ3n) is 4.37. The Morgan fingerprint density at radius 2 is 1.80 bits per heavy atom. The molecule has 1 fully saturated rings. The van der Waals surface area contributed by atoms with Crippen molar-refractivity contribution < 1.29 is 23.9 Å². The highest BCUT2D eigenvalue weighted by atomic mass is 16.6. The minimum Gasteiger partial charge on any atom is -0.444 e. The average Bonchev–Trinajstić information content (AvgIpc) is 2.65. The Kier molecular flexibility index (Phi) is 7.79. The average molecular weight is 418 g/mol. The lowest BCUT2D eigenvalue weighted by atomic mass is 10.0. The van der Waals surface area contributed by atoms with Crippen molar-refractivity contribution in [3.63, 3.8) is 0 Å². The van der Waals surface area contributed by atoms with E-state index >= 15 is 0 Å². The highest BCUT2D eigenvalue weighted by molar-refractivity contribution is 5.96. The second-order valence-electron chi connectivity index (χ2n) is 8.25. The van der Waals surface area contributed by atoms with Gasteiger partial charge in [-0.15, -0.1) is 0 Å². The molecule has 2 rings (SSSR count). The zero-order valence-electron chi connectivity index (χ0n) is 17.9. The topological polar surface area (TPSA) is 117 Å². The highest BCUT2D eigenvalue weighted by Gasteiger charge is 2.25. The number of carbonyl (C=O) groups is 4. The van der Waals surface area contributed by atoms with Crippen LogP contribution in [0.15, 0.2) is 24.3 Å². The van der Waals surface area contributed by atoms with Gasteiger partial charge in [-0.25, -0.2) is 4.79 Å². The van der Waals surface area contributed by atoms with Crippen molar-refractivity contribution in [1.82, 2.24) is 15.5 Å². The molecule has 0 aromatic heterocycles.